The molecule has 14 nitrogen and oxygen atoms in total. The molecular weight excluding hydrogens is 793 g/mol. The summed E-state index contributed by atoms with van der Waals surface area (Å²) in [6.45, 7) is 14.7. The van der Waals surface area contributed by atoms with E-state index in [-0.39, 0.29) is 42.9 Å². The minimum absolute atomic E-state index is 0.0965. The number of carbonyl (C=O) groups excluding carboxylic acids is 3. The Hall–Kier alpha value is -4.41. The molecule has 2 N–H and O–H groups in total. The number of pyridine rings is 1. The van der Waals surface area contributed by atoms with Crippen molar-refractivity contribution in [2.24, 2.45) is 17.3 Å². The fourth-order valence-corrected chi connectivity index (χ4v) is 9.93. The number of amides is 2. The number of rotatable bonds is 8. The summed E-state index contributed by atoms with van der Waals surface area (Å²) in [6.07, 6.45) is 4.50. The maximum atomic E-state index is 14.2. The number of fused-ring (bicyclic) bond motifs is 6. The van der Waals surface area contributed by atoms with Gasteiger partial charge in [-0.3, -0.25) is 24.4 Å². The Bertz CT molecular complexity index is 2270. The number of ether oxygens (including phenoxy) is 3. The number of benzene rings is 1. The molecule has 8 rings (SSSR count). The summed E-state index contributed by atoms with van der Waals surface area (Å²) in [6, 6.07) is 7.51. The molecule has 3 aromatic heterocycles. The zero-order valence-electron chi connectivity index (χ0n) is 37.0. The highest BCUT2D eigenvalue weighted by molar-refractivity contribution is 7.10. The number of likely N-dealkylation sites (N-methyl/N-ethyl adjacent to an activating group) is 1. The Morgan fingerprint density at radius 2 is 2.00 bits per heavy atom. The van der Waals surface area contributed by atoms with Crippen LogP contribution in [0.1, 0.15) is 76.3 Å². The molecule has 6 bridgehead atoms. The van der Waals surface area contributed by atoms with Crippen molar-refractivity contribution in [3.8, 4) is 22.5 Å². The highest BCUT2D eigenvalue weighted by Crippen LogP contribution is 2.43. The fraction of sp³-hybridized carbons (Fsp3) is 0.587. The number of nitrogens with zero attached hydrogens (tertiary/aromatic N) is 6. The first-order chi connectivity index (χ1) is 29.2. The number of nitrogens with one attached hydrogen (secondary N) is 2. The highest BCUT2D eigenvalue weighted by atomic mass is 32.1. The molecule has 6 atom stereocenters. The van der Waals surface area contributed by atoms with E-state index >= 15 is 0 Å². The van der Waals surface area contributed by atoms with Crippen LogP contribution in [0.4, 0.5) is 5.69 Å². The van der Waals surface area contributed by atoms with Gasteiger partial charge in [0.15, 0.2) is 0 Å². The van der Waals surface area contributed by atoms with Crippen LogP contribution < -0.4 is 15.6 Å². The van der Waals surface area contributed by atoms with Crippen LogP contribution in [-0.4, -0.2) is 121 Å². The van der Waals surface area contributed by atoms with Crippen molar-refractivity contribution in [3.63, 3.8) is 0 Å². The first-order valence-corrected chi connectivity index (χ1v) is 22.8. The molecule has 0 spiro atoms. The van der Waals surface area contributed by atoms with Crippen molar-refractivity contribution < 1.29 is 28.6 Å². The van der Waals surface area contributed by atoms with E-state index in [0.29, 0.717) is 51.5 Å². The molecule has 3 fully saturated rings. The summed E-state index contributed by atoms with van der Waals surface area (Å²) in [5.41, 5.74) is 10.6. The van der Waals surface area contributed by atoms with Crippen LogP contribution in [-0.2, 0) is 48.0 Å². The Kier molecular flexibility index (Phi) is 12.6. The van der Waals surface area contributed by atoms with Gasteiger partial charge in [-0.25, -0.2) is 10.4 Å². The monoisotopic (exact) mass is 854 g/mol. The summed E-state index contributed by atoms with van der Waals surface area (Å²) in [7, 11) is 5.91. The molecule has 1 saturated carbocycles. The second-order valence-corrected chi connectivity index (χ2v) is 19.4. The molecule has 61 heavy (non-hydrogen) atoms. The number of hydrazine groups is 1. The number of cyclic esters (lactones) is 1. The number of anilines is 1. The summed E-state index contributed by atoms with van der Waals surface area (Å²) < 4.78 is 20.6. The third-order valence-electron chi connectivity index (χ3n) is 13.0. The number of aromatic nitrogens is 3. The van der Waals surface area contributed by atoms with Crippen LogP contribution in [0.3, 0.4) is 0 Å². The first kappa shape index (κ1) is 43.2. The smallest absolute Gasteiger partial charge is 0.324 e. The first-order valence-electron chi connectivity index (χ1n) is 21.9. The van der Waals surface area contributed by atoms with Gasteiger partial charge >= 0.3 is 5.97 Å². The van der Waals surface area contributed by atoms with Crippen molar-refractivity contribution in [1.29, 1.82) is 0 Å². The maximum Gasteiger partial charge on any atom is 0.324 e. The van der Waals surface area contributed by atoms with Gasteiger partial charge in [0.25, 0.3) is 5.91 Å². The molecule has 3 aliphatic heterocycles. The number of thiazole rings is 1. The molecule has 1 aromatic carbocycles. The van der Waals surface area contributed by atoms with E-state index in [9.17, 15) is 14.4 Å². The number of aryl methyl sites for hydroxylation is 1. The quantitative estimate of drug-likeness (QED) is 0.213. The van der Waals surface area contributed by atoms with Gasteiger partial charge in [-0.1, -0.05) is 26.8 Å². The molecule has 2 saturated heterocycles. The Balaban J connectivity index is 1.26. The molecule has 1 unspecified atom stereocenters. The van der Waals surface area contributed by atoms with E-state index in [1.54, 1.807) is 7.11 Å². The Morgan fingerprint density at radius 3 is 2.74 bits per heavy atom. The lowest BCUT2D eigenvalue weighted by Gasteiger charge is -2.35. The van der Waals surface area contributed by atoms with Crippen molar-refractivity contribution in [2.45, 2.75) is 97.5 Å². The Morgan fingerprint density at radius 1 is 1.20 bits per heavy atom. The number of esters is 1. The van der Waals surface area contributed by atoms with Crippen LogP contribution >= 0.6 is 11.3 Å². The van der Waals surface area contributed by atoms with E-state index in [0.717, 1.165) is 74.9 Å². The summed E-state index contributed by atoms with van der Waals surface area (Å²) in [5.74, 6) is -0.593. The summed E-state index contributed by atoms with van der Waals surface area (Å²) in [4.78, 5) is 56.1. The Labute approximate surface area is 363 Å². The topological polar surface area (TPSA) is 143 Å². The van der Waals surface area contributed by atoms with Crippen LogP contribution in [0, 0.1) is 17.3 Å². The lowest BCUT2D eigenvalue weighted by Crippen LogP contribution is -2.60. The van der Waals surface area contributed by atoms with E-state index in [1.807, 2.05) is 25.4 Å². The van der Waals surface area contributed by atoms with E-state index in [2.05, 4.69) is 84.2 Å². The highest BCUT2D eigenvalue weighted by Gasteiger charge is 2.42. The number of carbonyl (C=O) groups is 3. The molecule has 15 heteroatoms. The largest absolute Gasteiger partial charge is 0.464 e. The molecule has 2 amide bonds. The van der Waals surface area contributed by atoms with Crippen molar-refractivity contribution >= 4 is 45.7 Å². The van der Waals surface area contributed by atoms with Crippen LogP contribution in [0.25, 0.3) is 33.4 Å². The van der Waals surface area contributed by atoms with Gasteiger partial charge < -0.3 is 33.9 Å². The molecule has 4 aliphatic rings. The molecule has 1 aliphatic carbocycles. The second kappa shape index (κ2) is 17.8. The lowest BCUT2D eigenvalue weighted by atomic mass is 9.84. The summed E-state index contributed by atoms with van der Waals surface area (Å²) >= 11 is 1.49. The van der Waals surface area contributed by atoms with Gasteiger partial charge in [-0.2, -0.15) is 0 Å². The zero-order chi connectivity index (χ0) is 43.2. The average Bonchev–Trinajstić information content (AvgIpc) is 3.80. The third kappa shape index (κ3) is 9.08. The average molecular weight is 855 g/mol. The molecular formula is C46H62N8O6S. The van der Waals surface area contributed by atoms with Crippen LogP contribution in [0.2, 0.25) is 0 Å². The minimum Gasteiger partial charge on any atom is -0.464 e. The third-order valence-corrected chi connectivity index (χ3v) is 13.9. The van der Waals surface area contributed by atoms with Gasteiger partial charge in [0.1, 0.15) is 12.1 Å². The van der Waals surface area contributed by atoms with E-state index in [4.69, 9.17) is 24.2 Å². The van der Waals surface area contributed by atoms with Crippen molar-refractivity contribution in [3.05, 3.63) is 52.1 Å². The number of hydrogen-bond donors (Lipinski definition) is 2. The SMILES string of the molecule is CCn1c(-c2cc(N3CCOCC(N(C)C)C3)cnc2[C@H](C)OC)c2c3cc(ccc31)-c1csc(n1)C[C@H](NC(=O)[C@H]1C[C@@H]1C)C(=O)N1CCC[C@H](N1)C(=O)OCC(C)(C)C2. The lowest BCUT2D eigenvalue weighted by molar-refractivity contribution is -0.155. The number of methoxy groups -OCH3 is 1. The van der Waals surface area contributed by atoms with Gasteiger partial charge in [-0.15, -0.1) is 11.3 Å². The van der Waals surface area contributed by atoms with Crippen molar-refractivity contribution in [2.75, 3.05) is 65.6 Å². The summed E-state index contributed by atoms with van der Waals surface area (Å²) in [5, 5.41) is 8.43. The standard InChI is InChI=1S/C46H62N8O6S/c1-9-53-39-13-12-29-18-33(39)35(42(53)34-19-30(22-47-41(34)28(3)58-8)52-15-16-59-24-31(23-52)51(6)7)21-46(4,5)26-60-45(57)36-11-10-14-54(50-36)44(56)37(20-40-48-38(29)25-61-40)49-43(55)32-17-27(32)2/h12-13,18-19,22,25,27-28,31-32,36-37,50H,9-11,14-17,20-21,23-24,26H2,1-8H3,(H,49,55)/t27-,28-,31?,32-,36-,37-/m0/s1. The van der Waals surface area contributed by atoms with Gasteiger partial charge in [0, 0.05) is 84.5 Å². The van der Waals surface area contributed by atoms with Crippen LogP contribution in [0.5, 0.6) is 0 Å². The maximum absolute atomic E-state index is 14.2. The zero-order valence-corrected chi connectivity index (χ0v) is 37.8. The van der Waals surface area contributed by atoms with Crippen molar-refractivity contribution in [1.82, 2.24) is 35.2 Å². The van der Waals surface area contributed by atoms with Gasteiger partial charge in [0.2, 0.25) is 5.91 Å². The van der Waals surface area contributed by atoms with E-state index in [1.165, 1.54) is 16.3 Å². The second-order valence-electron chi connectivity index (χ2n) is 18.4. The molecule has 6 heterocycles. The molecule has 4 aromatic rings. The van der Waals surface area contributed by atoms with Crippen LogP contribution in [0.15, 0.2) is 35.8 Å². The predicted octanol–water partition coefficient (Wildman–Crippen LogP) is 5.63. The normalized spacial score (nSPS) is 25.2. The number of hydrogen-bond acceptors (Lipinski definition) is 12. The minimum atomic E-state index is -0.835. The van der Waals surface area contributed by atoms with Gasteiger partial charge in [0.05, 0.1) is 59.9 Å². The van der Waals surface area contributed by atoms with Gasteiger partial charge in [-0.05, 0) is 83.3 Å². The predicted molar refractivity (Wildman–Crippen MR) is 237 cm³/mol. The van der Waals surface area contributed by atoms with E-state index < -0.39 is 23.5 Å². The fourth-order valence-electron chi connectivity index (χ4n) is 9.08. The molecule has 0 radical (unpaired) electrons. The molecule has 328 valence electrons.